The van der Waals surface area contributed by atoms with Gasteiger partial charge in [-0.1, -0.05) is 18.9 Å². The zero-order valence-corrected chi connectivity index (χ0v) is 7.49. The average molecular weight is 167 g/mol. The summed E-state index contributed by atoms with van der Waals surface area (Å²) in [5, 5.41) is 2.43. The third kappa shape index (κ3) is 3.45. The Kier molecular flexibility index (Phi) is 4.10. The fourth-order valence-corrected chi connectivity index (χ4v) is 1.45. The molecule has 0 unspecified atom stereocenters. The predicted octanol–water partition coefficient (Wildman–Crippen LogP) is 3.33. The number of nitrogens with zero attached hydrogens (tertiary/aromatic N) is 1. The molecule has 0 bridgehead atoms. The minimum Gasteiger partial charge on any atom is -0.200 e. The van der Waals surface area contributed by atoms with Gasteiger partial charge in [0.1, 0.15) is 0 Å². The summed E-state index contributed by atoms with van der Waals surface area (Å²) in [7, 11) is 0. The number of allylic oxidation sites excluding steroid dienone is 2. The molecular formula is C9H13NS. The fraction of sp³-hybridized carbons (Fsp3) is 0.667. The number of hydrogen-bond acceptors (Lipinski definition) is 2. The van der Waals surface area contributed by atoms with Crippen molar-refractivity contribution in [3.8, 4) is 0 Å². The van der Waals surface area contributed by atoms with Crippen LogP contribution in [0.1, 0.15) is 38.5 Å². The standard InChI is InChI=1S/C9H13NS/c11-8-10-9-6-4-2-1-3-5-7-9/h6H,1-5,7H2/b9-6+. The molecule has 1 rings (SSSR count). The van der Waals surface area contributed by atoms with E-state index in [-0.39, 0.29) is 0 Å². The number of rotatable bonds is 1. The number of aliphatic imine (C=N–C) groups is 1. The van der Waals surface area contributed by atoms with Crippen molar-refractivity contribution in [1.82, 2.24) is 0 Å². The van der Waals surface area contributed by atoms with Crippen LogP contribution in [-0.2, 0) is 0 Å². The molecule has 1 aliphatic rings. The van der Waals surface area contributed by atoms with Gasteiger partial charge in [-0.05, 0) is 37.9 Å². The van der Waals surface area contributed by atoms with Crippen LogP contribution >= 0.6 is 12.2 Å². The van der Waals surface area contributed by atoms with Crippen LogP contribution in [0, 0.1) is 0 Å². The van der Waals surface area contributed by atoms with Crippen molar-refractivity contribution in [3.63, 3.8) is 0 Å². The van der Waals surface area contributed by atoms with Crippen LogP contribution in [0.4, 0.5) is 0 Å². The average Bonchev–Trinajstić information content (AvgIpc) is 1.94. The molecule has 0 saturated heterocycles. The molecule has 0 amide bonds. The van der Waals surface area contributed by atoms with E-state index in [1.165, 1.54) is 25.7 Å². The van der Waals surface area contributed by atoms with Crippen LogP contribution in [0.3, 0.4) is 0 Å². The molecule has 0 N–H and O–H groups in total. The van der Waals surface area contributed by atoms with Crippen LogP contribution < -0.4 is 0 Å². The lowest BCUT2D eigenvalue weighted by Gasteiger charge is -2.05. The van der Waals surface area contributed by atoms with Crippen molar-refractivity contribution in [2.75, 3.05) is 0 Å². The van der Waals surface area contributed by atoms with E-state index in [4.69, 9.17) is 0 Å². The highest BCUT2D eigenvalue weighted by Crippen LogP contribution is 2.16. The molecule has 0 heterocycles. The summed E-state index contributed by atoms with van der Waals surface area (Å²) < 4.78 is 0. The van der Waals surface area contributed by atoms with E-state index < -0.39 is 0 Å². The highest BCUT2D eigenvalue weighted by atomic mass is 32.1. The smallest absolute Gasteiger partial charge is 0.0637 e. The summed E-state index contributed by atoms with van der Waals surface area (Å²) in [5.41, 5.74) is 1.14. The maximum atomic E-state index is 4.55. The molecule has 0 aromatic heterocycles. The molecule has 1 nitrogen and oxygen atoms in total. The van der Waals surface area contributed by atoms with E-state index in [1.54, 1.807) is 0 Å². The Bertz CT molecular complexity index is 190. The third-order valence-electron chi connectivity index (χ3n) is 1.96. The molecule has 60 valence electrons. The molecule has 2 heteroatoms. The third-order valence-corrected chi connectivity index (χ3v) is 2.05. The van der Waals surface area contributed by atoms with Crippen LogP contribution in [0.2, 0.25) is 0 Å². The summed E-state index contributed by atoms with van der Waals surface area (Å²) in [6.07, 6.45) is 9.70. The zero-order valence-electron chi connectivity index (χ0n) is 6.68. The molecule has 0 spiro atoms. The zero-order chi connectivity index (χ0) is 7.94. The van der Waals surface area contributed by atoms with Crippen molar-refractivity contribution in [2.45, 2.75) is 38.5 Å². The monoisotopic (exact) mass is 167 g/mol. The summed E-state index contributed by atoms with van der Waals surface area (Å²) >= 11 is 4.55. The quantitative estimate of drug-likeness (QED) is 0.431. The predicted molar refractivity (Wildman–Crippen MR) is 50.8 cm³/mol. The maximum absolute atomic E-state index is 4.55. The van der Waals surface area contributed by atoms with Gasteiger partial charge >= 0.3 is 0 Å². The van der Waals surface area contributed by atoms with E-state index in [0.717, 1.165) is 18.5 Å². The van der Waals surface area contributed by atoms with Gasteiger partial charge in [-0.25, -0.2) is 0 Å². The Labute approximate surface area is 73.2 Å². The van der Waals surface area contributed by atoms with Crippen molar-refractivity contribution in [1.29, 1.82) is 0 Å². The highest BCUT2D eigenvalue weighted by Gasteiger charge is 1.98. The van der Waals surface area contributed by atoms with Crippen molar-refractivity contribution >= 4 is 17.4 Å². The lowest BCUT2D eigenvalue weighted by molar-refractivity contribution is 0.623. The molecule has 1 aliphatic carbocycles. The highest BCUT2D eigenvalue weighted by molar-refractivity contribution is 7.78. The molecule has 0 fully saturated rings. The Morgan fingerprint density at radius 3 is 2.91 bits per heavy atom. The number of thiocarbonyl (C=S) groups is 1. The summed E-state index contributed by atoms with van der Waals surface area (Å²) in [6.45, 7) is 0. The minimum absolute atomic E-state index is 1.09. The molecule has 0 saturated carbocycles. The number of hydrogen-bond donors (Lipinski definition) is 0. The maximum Gasteiger partial charge on any atom is 0.0637 e. The summed E-state index contributed by atoms with van der Waals surface area (Å²) in [5.74, 6) is 0. The molecule has 0 atom stereocenters. The topological polar surface area (TPSA) is 12.4 Å². The summed E-state index contributed by atoms with van der Waals surface area (Å²) in [4.78, 5) is 4.01. The Morgan fingerprint density at radius 2 is 2.09 bits per heavy atom. The van der Waals surface area contributed by atoms with E-state index in [2.05, 4.69) is 28.4 Å². The van der Waals surface area contributed by atoms with Gasteiger partial charge in [0.15, 0.2) is 0 Å². The van der Waals surface area contributed by atoms with Gasteiger partial charge in [0.25, 0.3) is 0 Å². The van der Waals surface area contributed by atoms with Gasteiger partial charge < -0.3 is 0 Å². The molecular weight excluding hydrogens is 154 g/mol. The minimum atomic E-state index is 1.09. The normalized spacial score (nSPS) is 23.8. The van der Waals surface area contributed by atoms with E-state index in [9.17, 15) is 0 Å². The van der Waals surface area contributed by atoms with Crippen molar-refractivity contribution < 1.29 is 0 Å². The van der Waals surface area contributed by atoms with Gasteiger partial charge in [0.2, 0.25) is 0 Å². The van der Waals surface area contributed by atoms with Crippen LogP contribution in [0.25, 0.3) is 0 Å². The molecule has 0 aromatic rings. The first-order valence-electron chi connectivity index (χ1n) is 4.20. The largest absolute Gasteiger partial charge is 0.200 e. The van der Waals surface area contributed by atoms with Gasteiger partial charge in [-0.2, -0.15) is 4.99 Å². The first kappa shape index (κ1) is 8.63. The van der Waals surface area contributed by atoms with Crippen LogP contribution in [0.15, 0.2) is 16.8 Å². The van der Waals surface area contributed by atoms with Crippen molar-refractivity contribution in [3.05, 3.63) is 11.8 Å². The van der Waals surface area contributed by atoms with E-state index in [0.29, 0.717) is 0 Å². The molecule has 0 radical (unpaired) electrons. The Balaban J connectivity index is 2.51. The van der Waals surface area contributed by atoms with E-state index >= 15 is 0 Å². The van der Waals surface area contributed by atoms with Gasteiger partial charge in [-0.15, -0.1) is 0 Å². The lowest BCUT2D eigenvalue weighted by Crippen LogP contribution is -1.87. The Morgan fingerprint density at radius 1 is 1.27 bits per heavy atom. The first-order chi connectivity index (χ1) is 5.43. The van der Waals surface area contributed by atoms with Gasteiger partial charge in [0, 0.05) is 5.70 Å². The van der Waals surface area contributed by atoms with E-state index in [1.807, 2.05) is 0 Å². The first-order valence-corrected chi connectivity index (χ1v) is 4.61. The second-order valence-corrected chi connectivity index (χ2v) is 3.03. The molecule has 11 heavy (non-hydrogen) atoms. The van der Waals surface area contributed by atoms with Gasteiger partial charge in [-0.3, -0.25) is 0 Å². The van der Waals surface area contributed by atoms with Crippen LogP contribution in [0.5, 0.6) is 0 Å². The SMILES string of the molecule is S=C=N/C1=C/CCCCCC1. The number of isothiocyanates is 1. The molecule has 0 aromatic carbocycles. The van der Waals surface area contributed by atoms with Crippen LogP contribution in [-0.4, -0.2) is 5.16 Å². The fourth-order valence-electron chi connectivity index (χ4n) is 1.33. The van der Waals surface area contributed by atoms with Crippen molar-refractivity contribution in [2.24, 2.45) is 4.99 Å². The van der Waals surface area contributed by atoms with Gasteiger partial charge in [0.05, 0.1) is 5.16 Å². The lowest BCUT2D eigenvalue weighted by atomic mass is 10.0. The second-order valence-electron chi connectivity index (χ2n) is 2.85. The second kappa shape index (κ2) is 5.22. The summed E-state index contributed by atoms with van der Waals surface area (Å²) in [6, 6.07) is 0. The Hall–Kier alpha value is -0.460. The molecule has 0 aliphatic heterocycles.